The molecule has 32 heavy (non-hydrogen) atoms. The van der Waals surface area contributed by atoms with E-state index in [9.17, 15) is 32.3 Å². The Hall–Kier alpha value is -2.95. The Morgan fingerprint density at radius 1 is 1.25 bits per heavy atom. The first-order valence-corrected chi connectivity index (χ1v) is 10.1. The number of nitrogens with two attached hydrogens (primary N) is 1. The molecule has 8 nitrogen and oxygen atoms in total. The fraction of sp³-hybridized carbons (Fsp3) is 0.524. The molecule has 1 aliphatic rings. The fourth-order valence-corrected chi connectivity index (χ4v) is 3.58. The van der Waals surface area contributed by atoms with Crippen molar-refractivity contribution in [2.75, 3.05) is 11.9 Å². The summed E-state index contributed by atoms with van der Waals surface area (Å²) in [6, 6.07) is 2.58. The summed E-state index contributed by atoms with van der Waals surface area (Å²) >= 11 is 0. The number of carbonyl (C=O) groups excluding carboxylic acids is 4. The number of rotatable bonds is 6. The number of esters is 2. The van der Waals surface area contributed by atoms with E-state index in [1.165, 1.54) is 30.0 Å². The molecule has 2 rings (SSSR count). The topological polar surface area (TPSA) is 119 Å². The quantitative estimate of drug-likeness (QED) is 0.501. The van der Waals surface area contributed by atoms with E-state index >= 15 is 0 Å². The predicted molar refractivity (Wildman–Crippen MR) is 108 cm³/mol. The van der Waals surface area contributed by atoms with Gasteiger partial charge in [0.2, 0.25) is 11.8 Å². The largest absolute Gasteiger partial charge is 0.491 e. The van der Waals surface area contributed by atoms with Crippen LogP contribution in [0.15, 0.2) is 18.2 Å². The van der Waals surface area contributed by atoms with Crippen LogP contribution in [0, 0.1) is 12.8 Å². The first kappa shape index (κ1) is 25.3. The van der Waals surface area contributed by atoms with Crippen LogP contribution in [0.4, 0.5) is 18.9 Å². The number of carbonyl (C=O) groups is 4. The van der Waals surface area contributed by atoms with Gasteiger partial charge in [0.05, 0.1) is 17.3 Å². The molecule has 0 aliphatic carbocycles. The maximum atomic E-state index is 12.9. The Morgan fingerprint density at radius 3 is 2.50 bits per heavy atom. The number of alkyl halides is 3. The van der Waals surface area contributed by atoms with Gasteiger partial charge in [0, 0.05) is 6.54 Å². The highest BCUT2D eigenvalue weighted by molar-refractivity contribution is 6.07. The van der Waals surface area contributed by atoms with Crippen molar-refractivity contribution in [1.29, 1.82) is 0 Å². The summed E-state index contributed by atoms with van der Waals surface area (Å²) in [5.74, 6) is -5.00. The molecule has 0 aromatic heterocycles. The molecule has 176 valence electrons. The standard InChI is InChI=1S/C21H26F3N3O5/c1-11(2)10-13(25)18(29)27-9-5-8-15(27)17(28)26-14-7-4-6-12(3)16(14)19(30)32-20(31)21(22,23)24/h4,6-7,11,13,15H,5,8-10,25H2,1-3H3,(H,26,28). The number of ether oxygens (including phenoxy) is 1. The van der Waals surface area contributed by atoms with Crippen LogP contribution >= 0.6 is 0 Å². The molecule has 1 saturated heterocycles. The van der Waals surface area contributed by atoms with Crippen LogP contribution in [-0.2, 0) is 19.1 Å². The summed E-state index contributed by atoms with van der Waals surface area (Å²) < 4.78 is 41.3. The van der Waals surface area contributed by atoms with Crippen molar-refractivity contribution in [3.8, 4) is 0 Å². The van der Waals surface area contributed by atoms with Crippen LogP contribution < -0.4 is 11.1 Å². The molecule has 1 fully saturated rings. The Morgan fingerprint density at radius 2 is 1.91 bits per heavy atom. The van der Waals surface area contributed by atoms with Crippen molar-refractivity contribution in [3.05, 3.63) is 29.3 Å². The van der Waals surface area contributed by atoms with Gasteiger partial charge in [0.15, 0.2) is 0 Å². The van der Waals surface area contributed by atoms with E-state index in [1.54, 1.807) is 0 Å². The molecule has 2 unspecified atom stereocenters. The number of halogens is 3. The zero-order valence-electron chi connectivity index (χ0n) is 18.0. The zero-order valence-corrected chi connectivity index (χ0v) is 18.0. The summed E-state index contributed by atoms with van der Waals surface area (Å²) in [5.41, 5.74) is 5.66. The first-order valence-electron chi connectivity index (χ1n) is 10.1. The second-order valence-electron chi connectivity index (χ2n) is 8.09. The molecule has 0 saturated carbocycles. The minimum atomic E-state index is -5.35. The van der Waals surface area contributed by atoms with Gasteiger partial charge in [-0.2, -0.15) is 13.2 Å². The highest BCUT2D eigenvalue weighted by Crippen LogP contribution is 2.26. The van der Waals surface area contributed by atoms with Gasteiger partial charge in [-0.25, -0.2) is 9.59 Å². The minimum absolute atomic E-state index is 0.124. The summed E-state index contributed by atoms with van der Waals surface area (Å²) in [6.45, 7) is 5.60. The fourth-order valence-electron chi connectivity index (χ4n) is 3.58. The van der Waals surface area contributed by atoms with Crippen LogP contribution in [0.25, 0.3) is 0 Å². The molecule has 1 aromatic rings. The molecular weight excluding hydrogens is 431 g/mol. The lowest BCUT2D eigenvalue weighted by molar-refractivity contribution is -0.193. The summed E-state index contributed by atoms with van der Waals surface area (Å²) in [6.07, 6.45) is -3.96. The third-order valence-electron chi connectivity index (χ3n) is 5.03. The molecule has 2 amide bonds. The van der Waals surface area contributed by atoms with Gasteiger partial charge in [0.1, 0.15) is 6.04 Å². The molecule has 11 heteroatoms. The van der Waals surface area contributed by atoms with E-state index in [1.807, 2.05) is 13.8 Å². The van der Waals surface area contributed by atoms with Gasteiger partial charge in [0.25, 0.3) is 0 Å². The lowest BCUT2D eigenvalue weighted by Crippen LogP contribution is -2.50. The zero-order chi connectivity index (χ0) is 24.2. The van der Waals surface area contributed by atoms with Gasteiger partial charge in [-0.05, 0) is 43.7 Å². The van der Waals surface area contributed by atoms with Crippen LogP contribution in [0.3, 0.4) is 0 Å². The second kappa shape index (κ2) is 10.1. The van der Waals surface area contributed by atoms with Crippen molar-refractivity contribution in [2.24, 2.45) is 11.7 Å². The number of nitrogens with one attached hydrogen (secondary N) is 1. The Balaban J connectivity index is 2.21. The van der Waals surface area contributed by atoms with Crippen molar-refractivity contribution in [2.45, 2.75) is 58.3 Å². The smallest absolute Gasteiger partial charge is 0.383 e. The summed E-state index contributed by atoms with van der Waals surface area (Å²) in [5, 5.41) is 2.48. The van der Waals surface area contributed by atoms with E-state index < -0.39 is 36.1 Å². The minimum Gasteiger partial charge on any atom is -0.383 e. The third kappa shape index (κ3) is 6.06. The number of likely N-dealkylation sites (tertiary alicyclic amines) is 1. The predicted octanol–water partition coefficient (Wildman–Crippen LogP) is 2.54. The number of benzene rings is 1. The highest BCUT2D eigenvalue weighted by Gasteiger charge is 2.43. The van der Waals surface area contributed by atoms with Gasteiger partial charge in [-0.15, -0.1) is 0 Å². The highest BCUT2D eigenvalue weighted by atomic mass is 19.4. The monoisotopic (exact) mass is 457 g/mol. The molecule has 1 aromatic carbocycles. The molecule has 1 heterocycles. The van der Waals surface area contributed by atoms with E-state index in [2.05, 4.69) is 10.1 Å². The lowest BCUT2D eigenvalue weighted by atomic mass is 10.0. The SMILES string of the molecule is Cc1cccc(NC(=O)C2CCCN2C(=O)C(N)CC(C)C)c1C(=O)OC(=O)C(F)(F)F. The normalized spacial score (nSPS) is 17.2. The molecule has 0 spiro atoms. The van der Waals surface area contributed by atoms with Crippen molar-refractivity contribution >= 4 is 29.4 Å². The maximum Gasteiger partial charge on any atom is 0.491 e. The van der Waals surface area contributed by atoms with Crippen LogP contribution in [0.2, 0.25) is 0 Å². The summed E-state index contributed by atoms with van der Waals surface area (Å²) in [4.78, 5) is 50.3. The Kier molecular flexibility index (Phi) is 8.00. The average Bonchev–Trinajstić information content (AvgIpc) is 3.15. The molecular formula is C21H26F3N3O5. The Labute approximate surface area is 183 Å². The van der Waals surface area contributed by atoms with Crippen molar-refractivity contribution in [1.82, 2.24) is 4.90 Å². The molecule has 3 N–H and O–H groups in total. The van der Waals surface area contributed by atoms with E-state index in [0.29, 0.717) is 25.8 Å². The first-order chi connectivity index (χ1) is 14.8. The van der Waals surface area contributed by atoms with Gasteiger partial charge in [-0.1, -0.05) is 26.0 Å². The van der Waals surface area contributed by atoms with Crippen LogP contribution in [-0.4, -0.2) is 53.5 Å². The van der Waals surface area contributed by atoms with Crippen LogP contribution in [0.5, 0.6) is 0 Å². The lowest BCUT2D eigenvalue weighted by Gasteiger charge is -2.27. The third-order valence-corrected chi connectivity index (χ3v) is 5.03. The van der Waals surface area contributed by atoms with E-state index in [4.69, 9.17) is 5.73 Å². The molecule has 0 radical (unpaired) electrons. The summed E-state index contributed by atoms with van der Waals surface area (Å²) in [7, 11) is 0. The van der Waals surface area contributed by atoms with Crippen LogP contribution in [0.1, 0.15) is 49.0 Å². The van der Waals surface area contributed by atoms with Gasteiger partial charge in [-0.3, -0.25) is 9.59 Å². The maximum absolute atomic E-state index is 12.9. The number of anilines is 1. The van der Waals surface area contributed by atoms with E-state index in [0.717, 1.165) is 0 Å². The average molecular weight is 457 g/mol. The van der Waals surface area contributed by atoms with Crippen molar-refractivity contribution in [3.63, 3.8) is 0 Å². The molecule has 1 aliphatic heterocycles. The number of hydrogen-bond donors (Lipinski definition) is 2. The van der Waals surface area contributed by atoms with Gasteiger partial charge < -0.3 is 20.7 Å². The number of hydrogen-bond acceptors (Lipinski definition) is 6. The number of amides is 2. The Bertz CT molecular complexity index is 901. The molecule has 0 bridgehead atoms. The molecule has 2 atom stereocenters. The van der Waals surface area contributed by atoms with Gasteiger partial charge >= 0.3 is 18.1 Å². The van der Waals surface area contributed by atoms with Crippen molar-refractivity contribution < 1.29 is 37.1 Å². The number of aryl methyl sites for hydroxylation is 1. The second-order valence-corrected chi connectivity index (χ2v) is 8.09. The van der Waals surface area contributed by atoms with E-state index in [-0.39, 0.29) is 28.6 Å². The number of nitrogens with zero attached hydrogens (tertiary/aromatic N) is 1.